The van der Waals surface area contributed by atoms with Crippen molar-refractivity contribution in [2.45, 2.75) is 0 Å². The maximum absolute atomic E-state index is 14.1. The van der Waals surface area contributed by atoms with Crippen LogP contribution in [0.3, 0.4) is 0 Å². The molecule has 4 aromatic rings. The van der Waals surface area contributed by atoms with Crippen molar-refractivity contribution in [1.29, 1.82) is 0 Å². The van der Waals surface area contributed by atoms with Gasteiger partial charge < -0.3 is 14.8 Å². The number of carbonyl (C=O) groups is 1. The van der Waals surface area contributed by atoms with Crippen LogP contribution in [0.2, 0.25) is 0 Å². The van der Waals surface area contributed by atoms with E-state index < -0.39 is 23.1 Å². The van der Waals surface area contributed by atoms with E-state index in [-0.39, 0.29) is 22.2 Å². The first kappa shape index (κ1) is 21.0. The number of fused-ring (bicyclic) bond motifs is 1. The molecule has 1 heterocycles. The van der Waals surface area contributed by atoms with Crippen molar-refractivity contribution in [3.63, 3.8) is 0 Å². The minimum Gasteiger partial charge on any atom is -0.497 e. The van der Waals surface area contributed by atoms with Gasteiger partial charge >= 0.3 is 0 Å². The van der Waals surface area contributed by atoms with Crippen LogP contribution in [0.25, 0.3) is 16.5 Å². The summed E-state index contributed by atoms with van der Waals surface area (Å²) in [6, 6.07) is 14.0. The van der Waals surface area contributed by atoms with Gasteiger partial charge in [0.15, 0.2) is 5.69 Å². The lowest BCUT2D eigenvalue weighted by Gasteiger charge is -2.13. The Morgan fingerprint density at radius 1 is 0.938 bits per heavy atom. The highest BCUT2D eigenvalue weighted by Gasteiger charge is 2.19. The minimum atomic E-state index is -0.937. The summed E-state index contributed by atoms with van der Waals surface area (Å²) in [5, 5.41) is 7.14. The number of anilines is 1. The summed E-state index contributed by atoms with van der Waals surface area (Å²) >= 11 is 0. The average Bonchev–Trinajstić information content (AvgIpc) is 2.80. The fraction of sp³-hybridized carbons (Fsp3) is 0.0870. The summed E-state index contributed by atoms with van der Waals surface area (Å²) in [6.07, 6.45) is 0. The number of hydrogen-bond acceptors (Lipinski definition) is 5. The van der Waals surface area contributed by atoms with Gasteiger partial charge in [0.1, 0.15) is 23.1 Å². The Morgan fingerprint density at radius 2 is 1.59 bits per heavy atom. The second kappa shape index (κ2) is 8.46. The molecule has 4 rings (SSSR count). The zero-order valence-electron chi connectivity index (χ0n) is 17.1. The molecule has 32 heavy (non-hydrogen) atoms. The van der Waals surface area contributed by atoms with Gasteiger partial charge in [0, 0.05) is 29.7 Å². The van der Waals surface area contributed by atoms with Crippen LogP contribution in [0.1, 0.15) is 10.5 Å². The molecule has 3 aromatic carbocycles. The zero-order valence-corrected chi connectivity index (χ0v) is 17.1. The molecule has 0 bridgehead atoms. The third kappa shape index (κ3) is 3.87. The molecule has 0 aliphatic heterocycles. The van der Waals surface area contributed by atoms with Crippen LogP contribution in [-0.2, 0) is 0 Å². The van der Waals surface area contributed by atoms with E-state index in [0.717, 1.165) is 16.8 Å². The van der Waals surface area contributed by atoms with Gasteiger partial charge in [-0.25, -0.2) is 8.78 Å². The standard InChI is InChI=1S/C23H17F2N3O4/c1-31-15-10-14(11-16(12-15)32-2)28-23(30)18-6-4-3-5-17(18)21(27-28)22(29)26-20-8-7-13(24)9-19(20)25/h3-12H,1-2H3,(H,26,29). The van der Waals surface area contributed by atoms with E-state index in [0.29, 0.717) is 23.3 Å². The van der Waals surface area contributed by atoms with Crippen molar-refractivity contribution in [2.24, 2.45) is 0 Å². The molecule has 0 radical (unpaired) electrons. The normalized spacial score (nSPS) is 10.8. The molecular weight excluding hydrogens is 420 g/mol. The predicted molar refractivity (Wildman–Crippen MR) is 115 cm³/mol. The number of aromatic nitrogens is 2. The highest BCUT2D eigenvalue weighted by atomic mass is 19.1. The van der Waals surface area contributed by atoms with Crippen molar-refractivity contribution >= 4 is 22.4 Å². The number of amides is 1. The first-order valence-electron chi connectivity index (χ1n) is 9.43. The highest BCUT2D eigenvalue weighted by molar-refractivity contribution is 6.11. The molecule has 0 fully saturated rings. The first-order valence-corrected chi connectivity index (χ1v) is 9.43. The van der Waals surface area contributed by atoms with Gasteiger partial charge in [0.25, 0.3) is 11.5 Å². The Kier molecular flexibility index (Phi) is 5.55. The number of benzene rings is 3. The third-order valence-corrected chi connectivity index (χ3v) is 4.78. The van der Waals surface area contributed by atoms with Gasteiger partial charge in [0.2, 0.25) is 0 Å². The first-order chi connectivity index (χ1) is 15.4. The molecule has 0 aliphatic carbocycles. The summed E-state index contributed by atoms with van der Waals surface area (Å²) < 4.78 is 38.8. The third-order valence-electron chi connectivity index (χ3n) is 4.78. The van der Waals surface area contributed by atoms with Crippen LogP contribution in [0.5, 0.6) is 11.5 Å². The largest absolute Gasteiger partial charge is 0.497 e. The molecule has 162 valence electrons. The average molecular weight is 437 g/mol. The fourth-order valence-corrected chi connectivity index (χ4v) is 3.22. The number of hydrogen-bond donors (Lipinski definition) is 1. The zero-order chi connectivity index (χ0) is 22.8. The molecule has 1 amide bonds. The van der Waals surface area contributed by atoms with E-state index in [1.54, 1.807) is 42.5 Å². The van der Waals surface area contributed by atoms with Crippen LogP contribution >= 0.6 is 0 Å². The Morgan fingerprint density at radius 3 is 2.22 bits per heavy atom. The van der Waals surface area contributed by atoms with Gasteiger partial charge in [-0.3, -0.25) is 9.59 Å². The van der Waals surface area contributed by atoms with E-state index in [2.05, 4.69) is 10.4 Å². The second-order valence-corrected chi connectivity index (χ2v) is 6.76. The number of halogens is 2. The number of carbonyl (C=O) groups excluding carboxylic acids is 1. The lowest BCUT2D eigenvalue weighted by atomic mass is 10.1. The smallest absolute Gasteiger partial charge is 0.279 e. The Hall–Kier alpha value is -4.27. The van der Waals surface area contributed by atoms with Gasteiger partial charge in [-0.05, 0) is 18.2 Å². The lowest BCUT2D eigenvalue weighted by Crippen LogP contribution is -2.26. The summed E-state index contributed by atoms with van der Waals surface area (Å²) in [5.41, 5.74) is -0.506. The molecule has 0 aliphatic rings. The van der Waals surface area contributed by atoms with Crippen molar-refractivity contribution < 1.29 is 23.0 Å². The molecule has 0 unspecified atom stereocenters. The van der Waals surface area contributed by atoms with E-state index in [4.69, 9.17) is 9.47 Å². The predicted octanol–water partition coefficient (Wildman–Crippen LogP) is 3.93. The molecule has 0 spiro atoms. The van der Waals surface area contributed by atoms with Crippen molar-refractivity contribution in [3.05, 3.63) is 88.3 Å². The number of rotatable bonds is 5. The molecule has 9 heteroatoms. The second-order valence-electron chi connectivity index (χ2n) is 6.76. The van der Waals surface area contributed by atoms with Crippen molar-refractivity contribution in [1.82, 2.24) is 9.78 Å². The topological polar surface area (TPSA) is 82.4 Å². The van der Waals surface area contributed by atoms with E-state index in [9.17, 15) is 18.4 Å². The Labute approximate surface area is 180 Å². The summed E-state index contributed by atoms with van der Waals surface area (Å²) in [5.74, 6) is -1.64. The molecular formula is C23H17F2N3O4. The number of ether oxygens (including phenoxy) is 2. The van der Waals surface area contributed by atoms with Gasteiger partial charge in [0.05, 0.1) is 31.0 Å². The number of nitrogens with zero attached hydrogens (tertiary/aromatic N) is 2. The minimum absolute atomic E-state index is 0.120. The molecule has 0 atom stereocenters. The number of nitrogens with one attached hydrogen (secondary N) is 1. The Bertz CT molecular complexity index is 1380. The van der Waals surface area contributed by atoms with Crippen LogP contribution < -0.4 is 20.3 Å². The maximum Gasteiger partial charge on any atom is 0.279 e. The summed E-state index contributed by atoms with van der Waals surface area (Å²) in [6.45, 7) is 0. The molecule has 7 nitrogen and oxygen atoms in total. The van der Waals surface area contributed by atoms with Gasteiger partial charge in [-0.2, -0.15) is 9.78 Å². The van der Waals surface area contributed by atoms with Crippen LogP contribution in [-0.4, -0.2) is 29.9 Å². The quantitative estimate of drug-likeness (QED) is 0.512. The molecule has 1 N–H and O–H groups in total. The van der Waals surface area contributed by atoms with E-state index in [1.807, 2.05) is 0 Å². The van der Waals surface area contributed by atoms with Crippen LogP contribution in [0.4, 0.5) is 14.5 Å². The van der Waals surface area contributed by atoms with E-state index in [1.165, 1.54) is 14.2 Å². The monoisotopic (exact) mass is 437 g/mol. The van der Waals surface area contributed by atoms with Crippen molar-refractivity contribution in [2.75, 3.05) is 19.5 Å². The number of methoxy groups -OCH3 is 2. The molecule has 0 saturated heterocycles. The van der Waals surface area contributed by atoms with Crippen LogP contribution in [0, 0.1) is 11.6 Å². The van der Waals surface area contributed by atoms with Crippen molar-refractivity contribution in [3.8, 4) is 17.2 Å². The van der Waals surface area contributed by atoms with E-state index >= 15 is 0 Å². The fourth-order valence-electron chi connectivity index (χ4n) is 3.22. The molecule has 0 saturated carbocycles. The SMILES string of the molecule is COc1cc(OC)cc(-n2nc(C(=O)Nc3ccc(F)cc3F)c3ccccc3c2=O)c1. The van der Waals surface area contributed by atoms with Crippen LogP contribution in [0.15, 0.2) is 65.5 Å². The highest BCUT2D eigenvalue weighted by Crippen LogP contribution is 2.25. The maximum atomic E-state index is 14.1. The summed E-state index contributed by atoms with van der Waals surface area (Å²) in [7, 11) is 2.93. The molecule has 1 aromatic heterocycles. The Balaban J connectivity index is 1.89. The van der Waals surface area contributed by atoms with Gasteiger partial charge in [-0.1, -0.05) is 18.2 Å². The lowest BCUT2D eigenvalue weighted by molar-refractivity contribution is 0.102. The summed E-state index contributed by atoms with van der Waals surface area (Å²) in [4.78, 5) is 26.1. The van der Waals surface area contributed by atoms with Gasteiger partial charge in [-0.15, -0.1) is 0 Å².